The van der Waals surface area contributed by atoms with E-state index in [1.165, 1.54) is 9.80 Å². The number of allylic oxidation sites excluding steroid dienone is 1. The molecule has 3 heterocycles. The van der Waals surface area contributed by atoms with Crippen molar-refractivity contribution in [1.29, 1.82) is 0 Å². The number of halogens is 2. The van der Waals surface area contributed by atoms with Crippen LogP contribution in [0.5, 0.6) is 0 Å². The number of nitrogens with zero attached hydrogens (tertiary/aromatic N) is 2. The minimum Gasteiger partial charge on any atom is -0.455 e. The number of benzene rings is 2. The molecule has 2 aromatic rings. The third-order valence-electron chi connectivity index (χ3n) is 9.50. The lowest BCUT2D eigenvalue weighted by Crippen LogP contribution is -2.59. The first kappa shape index (κ1) is 35.8. The average molecular weight is 743 g/mol. The Morgan fingerprint density at radius 1 is 1.21 bits per heavy atom. The molecule has 2 aromatic carbocycles. The molecule has 256 valence electrons. The summed E-state index contributed by atoms with van der Waals surface area (Å²) in [5.74, 6) is -3.92. The largest absolute Gasteiger partial charge is 0.455 e. The molecule has 3 saturated heterocycles. The highest BCUT2D eigenvalue weighted by molar-refractivity contribution is 9.09. The molecule has 48 heavy (non-hydrogen) atoms. The number of likely N-dealkylation sites (tertiary alicyclic amines) is 1. The summed E-state index contributed by atoms with van der Waals surface area (Å²) in [6.07, 6.45) is 2.64. The van der Waals surface area contributed by atoms with Crippen molar-refractivity contribution in [3.63, 3.8) is 0 Å². The van der Waals surface area contributed by atoms with Crippen molar-refractivity contribution in [3.05, 3.63) is 90.0 Å². The van der Waals surface area contributed by atoms with Gasteiger partial charge >= 0.3 is 5.97 Å². The fourth-order valence-corrected chi connectivity index (χ4v) is 8.62. The summed E-state index contributed by atoms with van der Waals surface area (Å²) in [6, 6.07) is 12.4. The Hall–Kier alpha value is -3.51. The first-order valence-corrected chi connectivity index (χ1v) is 17.3. The van der Waals surface area contributed by atoms with Crippen molar-refractivity contribution in [3.8, 4) is 0 Å². The van der Waals surface area contributed by atoms with Crippen LogP contribution in [0.3, 0.4) is 0 Å². The van der Waals surface area contributed by atoms with E-state index in [1.807, 2.05) is 19.1 Å². The van der Waals surface area contributed by atoms with E-state index in [9.17, 15) is 24.3 Å². The molecule has 3 aliphatic rings. The summed E-state index contributed by atoms with van der Waals surface area (Å²) in [4.78, 5) is 58.4. The number of aliphatic hydroxyl groups excluding tert-OH is 1. The normalized spacial score (nSPS) is 26.8. The van der Waals surface area contributed by atoms with E-state index in [0.29, 0.717) is 22.7 Å². The molecule has 12 heteroatoms. The minimum atomic E-state index is -1.39. The quantitative estimate of drug-likeness (QED) is 0.164. The van der Waals surface area contributed by atoms with E-state index in [4.69, 9.17) is 21.1 Å². The summed E-state index contributed by atoms with van der Waals surface area (Å²) in [5, 5.41) is 13.5. The van der Waals surface area contributed by atoms with Crippen LogP contribution in [0.4, 0.5) is 5.69 Å². The van der Waals surface area contributed by atoms with Crippen LogP contribution >= 0.6 is 27.5 Å². The Morgan fingerprint density at radius 3 is 2.58 bits per heavy atom. The van der Waals surface area contributed by atoms with Crippen LogP contribution in [0.25, 0.3) is 0 Å². The predicted molar refractivity (Wildman–Crippen MR) is 186 cm³/mol. The summed E-state index contributed by atoms with van der Waals surface area (Å²) in [5.41, 5.74) is 0.502. The maximum absolute atomic E-state index is 14.8. The number of para-hydroxylation sites is 1. The minimum absolute atomic E-state index is 0.0218. The number of anilines is 1. The van der Waals surface area contributed by atoms with E-state index in [-0.39, 0.29) is 36.7 Å². The Bertz CT molecular complexity index is 1550. The average Bonchev–Trinajstić information content (AvgIpc) is 3.67. The molecule has 10 nitrogen and oxygen atoms in total. The molecule has 0 aliphatic carbocycles. The van der Waals surface area contributed by atoms with Crippen molar-refractivity contribution in [1.82, 2.24) is 10.2 Å². The third kappa shape index (κ3) is 6.45. The number of rotatable bonds is 14. The number of hydrogen-bond acceptors (Lipinski definition) is 7. The monoisotopic (exact) mass is 741 g/mol. The van der Waals surface area contributed by atoms with E-state index in [1.54, 1.807) is 55.5 Å². The van der Waals surface area contributed by atoms with Gasteiger partial charge in [0.05, 0.1) is 47.8 Å². The summed E-state index contributed by atoms with van der Waals surface area (Å²) < 4.78 is 12.7. The topological polar surface area (TPSA) is 125 Å². The van der Waals surface area contributed by atoms with Crippen LogP contribution in [-0.4, -0.2) is 82.0 Å². The van der Waals surface area contributed by atoms with Crippen molar-refractivity contribution < 1.29 is 33.8 Å². The number of amides is 3. The molecule has 0 aromatic heterocycles. The van der Waals surface area contributed by atoms with Gasteiger partial charge in [0.15, 0.2) is 0 Å². The zero-order valence-electron chi connectivity index (χ0n) is 27.0. The lowest BCUT2D eigenvalue weighted by atomic mass is 9.70. The molecular formula is C36H41BrClN3O7. The Kier molecular flexibility index (Phi) is 11.1. The van der Waals surface area contributed by atoms with E-state index >= 15 is 0 Å². The number of ether oxygens (including phenoxy) is 2. The Balaban J connectivity index is 1.51. The highest BCUT2D eigenvalue weighted by Gasteiger charge is 2.77. The second-order valence-electron chi connectivity index (χ2n) is 12.6. The van der Waals surface area contributed by atoms with Gasteiger partial charge in [-0.2, -0.15) is 0 Å². The molecule has 1 spiro atoms. The van der Waals surface area contributed by atoms with Gasteiger partial charge in [-0.15, -0.1) is 13.2 Å². The number of aryl methyl sites for hydroxylation is 1. The number of carbonyl (C=O) groups excluding carboxylic acids is 4. The van der Waals surface area contributed by atoms with Crippen molar-refractivity contribution in [2.75, 3.05) is 24.6 Å². The van der Waals surface area contributed by atoms with Crippen LogP contribution < -0.4 is 10.2 Å². The molecule has 0 saturated carbocycles. The summed E-state index contributed by atoms with van der Waals surface area (Å²) >= 11 is 10.3. The predicted octanol–water partition coefficient (Wildman–Crippen LogP) is 4.66. The lowest BCUT2D eigenvalue weighted by Gasteiger charge is -2.39. The number of aliphatic hydroxyl groups is 1. The van der Waals surface area contributed by atoms with Gasteiger partial charge < -0.3 is 29.7 Å². The molecule has 3 amide bonds. The maximum atomic E-state index is 14.8. The molecule has 2 N–H and O–H groups in total. The van der Waals surface area contributed by atoms with E-state index in [2.05, 4.69) is 34.4 Å². The number of alkyl halides is 1. The molecule has 8 atom stereocenters. The van der Waals surface area contributed by atoms with Gasteiger partial charge in [0.25, 0.3) is 5.91 Å². The molecule has 5 rings (SSSR count). The Labute approximate surface area is 294 Å². The third-order valence-corrected chi connectivity index (χ3v) is 10.6. The first-order chi connectivity index (χ1) is 23.0. The number of nitrogens with one attached hydrogen (secondary N) is 1. The zero-order chi connectivity index (χ0) is 34.7. The molecule has 1 unspecified atom stereocenters. The van der Waals surface area contributed by atoms with Gasteiger partial charge in [-0.1, -0.05) is 82.1 Å². The van der Waals surface area contributed by atoms with E-state index < -0.39 is 66.1 Å². The van der Waals surface area contributed by atoms with Gasteiger partial charge in [-0.3, -0.25) is 19.2 Å². The second-order valence-corrected chi connectivity index (χ2v) is 14.1. The van der Waals surface area contributed by atoms with Crippen LogP contribution in [-0.2, 0) is 28.7 Å². The highest BCUT2D eigenvalue weighted by Crippen LogP contribution is 2.61. The fourth-order valence-electron chi connectivity index (χ4n) is 7.35. The zero-order valence-corrected chi connectivity index (χ0v) is 29.4. The molecule has 0 radical (unpaired) electrons. The number of carbonyl (C=O) groups is 4. The van der Waals surface area contributed by atoms with Gasteiger partial charge in [0, 0.05) is 17.8 Å². The maximum Gasteiger partial charge on any atom is 0.313 e. The lowest BCUT2D eigenvalue weighted by molar-refractivity contribution is -0.160. The highest BCUT2D eigenvalue weighted by atomic mass is 79.9. The van der Waals surface area contributed by atoms with Gasteiger partial charge in [-0.25, -0.2) is 0 Å². The standard InChI is InChI=1S/C36H41BrClN3O7/c1-5-7-16-27(43)39-19-26(23-13-9-8-10-14-23)47-35(46)28-29-33(44)41(22(4)20-42)32(36(29)18-24(37)31(28)48-36)34(45)40(17-6-2)30-21(3)12-11-15-25(30)38/h5-6,8-15,22,24,26,28-29,31-32,42H,1-2,7,16-20H2,3-4H3,(H,39,43)/t22-,24?,26+,28-,29+,31-,32-,36+/m1/s1. The summed E-state index contributed by atoms with van der Waals surface area (Å²) in [6.45, 7) is 10.7. The molecular weight excluding hydrogens is 702 g/mol. The van der Waals surface area contributed by atoms with E-state index in [0.717, 1.165) is 5.56 Å². The number of hydrogen-bond donors (Lipinski definition) is 2. The first-order valence-electron chi connectivity index (χ1n) is 16.1. The SMILES string of the molecule is C=CCCC(=O)NC[C@H](OC(=O)[C@H]1[C@@H]2O[C@@]3(CC2Br)[C@@H]1C(=O)N([C@H](C)CO)[C@@H]3C(=O)N(CC=C)c1c(C)cccc1Cl)c1ccccc1. The molecule has 3 fully saturated rings. The molecule has 3 aliphatic heterocycles. The van der Waals surface area contributed by atoms with Crippen molar-refractivity contribution in [2.45, 2.75) is 67.8 Å². The van der Waals surface area contributed by atoms with Crippen LogP contribution in [0.1, 0.15) is 43.4 Å². The van der Waals surface area contributed by atoms with Crippen LogP contribution in [0.15, 0.2) is 73.8 Å². The molecule has 2 bridgehead atoms. The van der Waals surface area contributed by atoms with Gasteiger partial charge in [0.1, 0.15) is 17.7 Å². The van der Waals surface area contributed by atoms with Gasteiger partial charge in [-0.05, 0) is 43.9 Å². The van der Waals surface area contributed by atoms with Crippen molar-refractivity contribution in [2.24, 2.45) is 11.8 Å². The Morgan fingerprint density at radius 2 is 1.94 bits per heavy atom. The van der Waals surface area contributed by atoms with Crippen LogP contribution in [0, 0.1) is 18.8 Å². The summed E-state index contributed by atoms with van der Waals surface area (Å²) in [7, 11) is 0. The number of fused-ring (bicyclic) bond motifs is 1. The smallest absolute Gasteiger partial charge is 0.313 e. The van der Waals surface area contributed by atoms with Crippen LogP contribution in [0.2, 0.25) is 5.02 Å². The fraction of sp³-hybridized carbons (Fsp3) is 0.444. The number of esters is 1. The van der Waals surface area contributed by atoms with Crippen molar-refractivity contribution >= 4 is 56.9 Å². The second kappa shape index (κ2) is 14.9. The van der Waals surface area contributed by atoms with Gasteiger partial charge in [0.2, 0.25) is 11.8 Å².